The van der Waals surface area contributed by atoms with Crippen molar-refractivity contribution < 1.29 is 14.3 Å². The third-order valence-electron chi connectivity index (χ3n) is 7.37. The van der Waals surface area contributed by atoms with Gasteiger partial charge in [-0.25, -0.2) is 4.79 Å². The van der Waals surface area contributed by atoms with E-state index in [4.69, 9.17) is 4.74 Å². The molecule has 0 bridgehead atoms. The highest BCUT2D eigenvalue weighted by molar-refractivity contribution is 6.00. The van der Waals surface area contributed by atoms with Gasteiger partial charge in [0, 0.05) is 19.1 Å². The lowest BCUT2D eigenvalue weighted by Gasteiger charge is -2.39. The van der Waals surface area contributed by atoms with E-state index in [1.54, 1.807) is 7.11 Å². The molecule has 0 aromatic heterocycles. The number of carbonyl (C=O) groups excluding carboxylic acids is 2. The summed E-state index contributed by atoms with van der Waals surface area (Å²) in [6, 6.07) is 18.6. The molecule has 1 atom stereocenters. The van der Waals surface area contributed by atoms with E-state index in [1.165, 1.54) is 10.5 Å². The second kappa shape index (κ2) is 11.0. The Hall–Kier alpha value is -2.86. The van der Waals surface area contributed by atoms with Gasteiger partial charge in [0.05, 0.1) is 12.5 Å². The van der Waals surface area contributed by atoms with E-state index in [2.05, 4.69) is 22.8 Å². The molecule has 1 unspecified atom stereocenters. The molecule has 182 valence electrons. The molecule has 0 radical (unpaired) electrons. The highest BCUT2D eigenvalue weighted by Crippen LogP contribution is 2.37. The number of hydrogen-bond donors (Lipinski definition) is 2. The maximum absolute atomic E-state index is 13.2. The number of urea groups is 1. The second-order valence-corrected chi connectivity index (χ2v) is 9.94. The van der Waals surface area contributed by atoms with Crippen molar-refractivity contribution in [3.63, 3.8) is 0 Å². The molecule has 1 aliphatic heterocycles. The van der Waals surface area contributed by atoms with Gasteiger partial charge in [0.1, 0.15) is 5.75 Å². The van der Waals surface area contributed by atoms with E-state index >= 15 is 0 Å². The minimum Gasteiger partial charge on any atom is -0.496 e. The van der Waals surface area contributed by atoms with Crippen LogP contribution in [0.3, 0.4) is 0 Å². The molecule has 6 nitrogen and oxygen atoms in total. The zero-order valence-electron chi connectivity index (χ0n) is 20.4. The first kappa shape index (κ1) is 24.3. The van der Waals surface area contributed by atoms with Crippen LogP contribution in [-0.4, -0.2) is 49.6 Å². The summed E-state index contributed by atoms with van der Waals surface area (Å²) >= 11 is 0. The molecular formula is C28H37N3O3. The molecule has 6 heteroatoms. The van der Waals surface area contributed by atoms with E-state index in [1.807, 2.05) is 49.4 Å². The Morgan fingerprint density at radius 1 is 1.03 bits per heavy atom. The molecule has 4 rings (SSSR count). The fourth-order valence-electron chi connectivity index (χ4n) is 5.40. The summed E-state index contributed by atoms with van der Waals surface area (Å²) < 4.78 is 5.55. The molecule has 1 saturated carbocycles. The van der Waals surface area contributed by atoms with Gasteiger partial charge >= 0.3 is 6.03 Å². The fourth-order valence-corrected chi connectivity index (χ4v) is 5.40. The second-order valence-electron chi connectivity index (χ2n) is 9.94. The Morgan fingerprint density at radius 3 is 2.47 bits per heavy atom. The lowest BCUT2D eigenvalue weighted by molar-refractivity contribution is -0.139. The van der Waals surface area contributed by atoms with Crippen molar-refractivity contribution in [3.8, 4) is 5.75 Å². The molecule has 34 heavy (non-hydrogen) atoms. The van der Waals surface area contributed by atoms with Gasteiger partial charge in [0.2, 0.25) is 5.91 Å². The average molecular weight is 464 g/mol. The molecule has 2 aromatic carbocycles. The Balaban J connectivity index is 1.22. The maximum Gasteiger partial charge on any atom is 0.324 e. The summed E-state index contributed by atoms with van der Waals surface area (Å²) in [6.07, 6.45) is 5.91. The number of amides is 3. The third kappa shape index (κ3) is 5.61. The van der Waals surface area contributed by atoms with Crippen LogP contribution in [0.25, 0.3) is 0 Å². The standard InChI is InChI=1S/C28H37N3O3/c1-28(19-21-9-4-3-5-10-21)20-30-27(33)31(26(28)32)18-8-17-29-23-15-13-22(14-16-23)24-11-6-7-12-25(24)34-2/h3-7,9-12,22-23,29H,8,13-20H2,1-2H3,(H,30,33). The van der Waals surface area contributed by atoms with Crippen molar-refractivity contribution in [2.24, 2.45) is 5.41 Å². The van der Waals surface area contributed by atoms with Crippen LogP contribution in [0.4, 0.5) is 4.79 Å². The summed E-state index contributed by atoms with van der Waals surface area (Å²) in [4.78, 5) is 27.1. The first-order valence-corrected chi connectivity index (χ1v) is 12.5. The lowest BCUT2D eigenvalue weighted by Crippen LogP contribution is -2.60. The van der Waals surface area contributed by atoms with Crippen molar-refractivity contribution in [2.45, 2.75) is 57.4 Å². The molecule has 1 saturated heterocycles. The summed E-state index contributed by atoms with van der Waals surface area (Å²) in [5.41, 5.74) is 1.82. The largest absolute Gasteiger partial charge is 0.496 e. The molecule has 3 amide bonds. The van der Waals surface area contributed by atoms with Crippen molar-refractivity contribution >= 4 is 11.9 Å². The van der Waals surface area contributed by atoms with Crippen molar-refractivity contribution in [1.29, 1.82) is 0 Å². The normalized spacial score (nSPS) is 25.2. The van der Waals surface area contributed by atoms with E-state index in [0.29, 0.717) is 31.5 Å². The Labute approximate surface area is 203 Å². The van der Waals surface area contributed by atoms with E-state index in [-0.39, 0.29) is 11.9 Å². The van der Waals surface area contributed by atoms with Crippen LogP contribution >= 0.6 is 0 Å². The maximum atomic E-state index is 13.2. The smallest absolute Gasteiger partial charge is 0.324 e. The molecule has 2 fully saturated rings. The number of ether oxygens (including phenoxy) is 1. The summed E-state index contributed by atoms with van der Waals surface area (Å²) in [5, 5.41) is 6.58. The van der Waals surface area contributed by atoms with Gasteiger partial charge in [-0.15, -0.1) is 0 Å². The van der Waals surface area contributed by atoms with Gasteiger partial charge < -0.3 is 15.4 Å². The van der Waals surface area contributed by atoms with Gasteiger partial charge in [-0.05, 0) is 75.1 Å². The molecule has 1 aliphatic carbocycles. The predicted molar refractivity (Wildman–Crippen MR) is 134 cm³/mol. The lowest BCUT2D eigenvalue weighted by atomic mass is 9.81. The van der Waals surface area contributed by atoms with E-state index in [0.717, 1.165) is 50.0 Å². The fraction of sp³-hybridized carbons (Fsp3) is 0.500. The number of nitrogens with one attached hydrogen (secondary N) is 2. The number of rotatable bonds is 9. The first-order valence-electron chi connectivity index (χ1n) is 12.5. The first-order chi connectivity index (χ1) is 16.5. The van der Waals surface area contributed by atoms with Gasteiger partial charge in [0.25, 0.3) is 0 Å². The minimum absolute atomic E-state index is 0.0718. The predicted octanol–water partition coefficient (Wildman–Crippen LogP) is 4.50. The molecule has 2 aromatic rings. The molecule has 1 heterocycles. The van der Waals surface area contributed by atoms with Crippen molar-refractivity contribution in [2.75, 3.05) is 26.7 Å². The van der Waals surface area contributed by atoms with Crippen LogP contribution in [0, 0.1) is 5.41 Å². The summed E-state index contributed by atoms with van der Waals surface area (Å²) in [5.74, 6) is 1.46. The number of benzene rings is 2. The van der Waals surface area contributed by atoms with Crippen LogP contribution in [0.1, 0.15) is 56.1 Å². The number of imide groups is 1. The molecule has 2 aliphatic rings. The quantitative estimate of drug-likeness (QED) is 0.537. The highest BCUT2D eigenvalue weighted by Gasteiger charge is 2.43. The van der Waals surface area contributed by atoms with E-state index in [9.17, 15) is 9.59 Å². The van der Waals surface area contributed by atoms with Crippen LogP contribution in [-0.2, 0) is 11.2 Å². The highest BCUT2D eigenvalue weighted by atomic mass is 16.5. The summed E-state index contributed by atoms with van der Waals surface area (Å²) in [7, 11) is 1.74. The Bertz CT molecular complexity index is 972. The van der Waals surface area contributed by atoms with E-state index < -0.39 is 5.41 Å². The van der Waals surface area contributed by atoms with Crippen LogP contribution in [0.2, 0.25) is 0 Å². The van der Waals surface area contributed by atoms with Gasteiger partial charge in [0.15, 0.2) is 0 Å². The van der Waals surface area contributed by atoms with Gasteiger partial charge in [-0.2, -0.15) is 0 Å². The Morgan fingerprint density at radius 2 is 1.74 bits per heavy atom. The number of carbonyl (C=O) groups is 2. The topological polar surface area (TPSA) is 70.7 Å². The van der Waals surface area contributed by atoms with Crippen LogP contribution < -0.4 is 15.4 Å². The number of hydrogen-bond acceptors (Lipinski definition) is 4. The zero-order chi connectivity index (χ0) is 24.0. The van der Waals surface area contributed by atoms with Crippen molar-refractivity contribution in [3.05, 3.63) is 65.7 Å². The molecule has 0 spiro atoms. The SMILES string of the molecule is COc1ccccc1C1CCC(NCCCN2C(=O)NCC(C)(Cc3ccccc3)C2=O)CC1. The Kier molecular flexibility index (Phi) is 7.88. The zero-order valence-corrected chi connectivity index (χ0v) is 20.4. The van der Waals surface area contributed by atoms with Gasteiger partial charge in [-0.1, -0.05) is 48.5 Å². The average Bonchev–Trinajstić information content (AvgIpc) is 2.87. The van der Waals surface area contributed by atoms with Crippen LogP contribution in [0.15, 0.2) is 54.6 Å². The van der Waals surface area contributed by atoms with Gasteiger partial charge in [-0.3, -0.25) is 9.69 Å². The third-order valence-corrected chi connectivity index (χ3v) is 7.37. The molecular weight excluding hydrogens is 426 g/mol. The minimum atomic E-state index is -0.612. The van der Waals surface area contributed by atoms with Crippen molar-refractivity contribution in [1.82, 2.24) is 15.5 Å². The molecule has 2 N–H and O–H groups in total. The summed E-state index contributed by atoms with van der Waals surface area (Å²) in [6.45, 7) is 3.58. The number of nitrogens with zero attached hydrogens (tertiary/aromatic N) is 1. The van der Waals surface area contributed by atoms with Crippen LogP contribution in [0.5, 0.6) is 5.75 Å². The number of methoxy groups -OCH3 is 1. The number of para-hydroxylation sites is 1. The monoisotopic (exact) mass is 463 g/mol.